The summed E-state index contributed by atoms with van der Waals surface area (Å²) in [7, 11) is 1.38. The fourth-order valence-electron chi connectivity index (χ4n) is 1.92. The summed E-state index contributed by atoms with van der Waals surface area (Å²) in [6.07, 6.45) is 0. The molecule has 1 N–H and O–H groups in total. The number of methoxy groups -OCH3 is 1. The van der Waals surface area contributed by atoms with E-state index in [9.17, 15) is 4.79 Å². The first-order valence-corrected chi connectivity index (χ1v) is 6.66. The Labute approximate surface area is 123 Å². The molecule has 0 aliphatic carbocycles. The van der Waals surface area contributed by atoms with E-state index in [-0.39, 0.29) is 5.97 Å². The van der Waals surface area contributed by atoms with Gasteiger partial charge in [0.05, 0.1) is 12.7 Å². The maximum absolute atomic E-state index is 11.8. The molecule has 20 heavy (non-hydrogen) atoms. The van der Waals surface area contributed by atoms with Crippen molar-refractivity contribution < 1.29 is 9.53 Å². The van der Waals surface area contributed by atoms with Gasteiger partial charge in [-0.2, -0.15) is 0 Å². The second-order valence-corrected chi connectivity index (χ2v) is 4.89. The Hall–Kier alpha value is -2.00. The molecule has 3 nitrogen and oxygen atoms in total. The van der Waals surface area contributed by atoms with E-state index in [1.165, 1.54) is 7.11 Å². The average Bonchev–Trinajstić information content (AvgIpc) is 2.46. The van der Waals surface area contributed by atoms with Crippen LogP contribution in [0.2, 0.25) is 5.02 Å². The Balaban J connectivity index is 2.21. The molecule has 0 aromatic heterocycles. The summed E-state index contributed by atoms with van der Waals surface area (Å²) in [6, 6.07) is 13.2. The van der Waals surface area contributed by atoms with E-state index in [1.807, 2.05) is 43.3 Å². The van der Waals surface area contributed by atoms with Crippen LogP contribution in [-0.4, -0.2) is 13.1 Å². The molecule has 0 bridgehead atoms. The van der Waals surface area contributed by atoms with Gasteiger partial charge >= 0.3 is 5.97 Å². The Morgan fingerprint density at radius 3 is 2.70 bits per heavy atom. The number of ether oxygens (including phenoxy) is 1. The third-order valence-electron chi connectivity index (χ3n) is 3.01. The molecule has 2 aromatic rings. The zero-order chi connectivity index (χ0) is 14.5. The molecule has 104 valence electrons. The number of hydrogen-bond acceptors (Lipinski definition) is 3. The Morgan fingerprint density at radius 2 is 2.00 bits per heavy atom. The molecule has 0 atom stereocenters. The molecule has 0 saturated carbocycles. The van der Waals surface area contributed by atoms with E-state index in [0.29, 0.717) is 17.1 Å². The lowest BCUT2D eigenvalue weighted by Gasteiger charge is -2.12. The molecule has 0 fully saturated rings. The normalized spacial score (nSPS) is 10.2. The van der Waals surface area contributed by atoms with E-state index in [0.717, 1.165) is 16.8 Å². The van der Waals surface area contributed by atoms with Gasteiger partial charge in [-0.25, -0.2) is 4.79 Å². The van der Waals surface area contributed by atoms with Gasteiger partial charge in [0, 0.05) is 17.3 Å². The number of benzene rings is 2. The summed E-state index contributed by atoms with van der Waals surface area (Å²) < 4.78 is 4.80. The summed E-state index contributed by atoms with van der Waals surface area (Å²) in [5, 5.41) is 3.93. The standard InChI is InChI=1S/C16H16ClNO2/c1-11-7-8-15(13(9-11)16(19)20-2)18-10-12-5-3-4-6-14(12)17/h3-9,18H,10H2,1-2H3. The Kier molecular flexibility index (Phi) is 4.64. The van der Waals surface area contributed by atoms with Gasteiger partial charge in [-0.05, 0) is 30.7 Å². The third kappa shape index (κ3) is 3.31. The van der Waals surface area contributed by atoms with Crippen molar-refractivity contribution in [3.05, 3.63) is 64.2 Å². The van der Waals surface area contributed by atoms with Crippen LogP contribution in [0.4, 0.5) is 5.69 Å². The van der Waals surface area contributed by atoms with E-state index in [4.69, 9.17) is 16.3 Å². The van der Waals surface area contributed by atoms with Gasteiger partial charge in [-0.1, -0.05) is 41.4 Å². The van der Waals surface area contributed by atoms with Crippen molar-refractivity contribution in [2.45, 2.75) is 13.5 Å². The fraction of sp³-hybridized carbons (Fsp3) is 0.188. The number of carbonyl (C=O) groups is 1. The summed E-state index contributed by atoms with van der Waals surface area (Å²) in [5.41, 5.74) is 3.25. The summed E-state index contributed by atoms with van der Waals surface area (Å²) in [4.78, 5) is 11.8. The van der Waals surface area contributed by atoms with E-state index in [1.54, 1.807) is 6.07 Å². The number of rotatable bonds is 4. The van der Waals surface area contributed by atoms with Gasteiger partial charge in [0.15, 0.2) is 0 Å². The smallest absolute Gasteiger partial charge is 0.339 e. The van der Waals surface area contributed by atoms with Crippen LogP contribution in [0.1, 0.15) is 21.5 Å². The van der Waals surface area contributed by atoms with Crippen molar-refractivity contribution in [2.75, 3.05) is 12.4 Å². The molecule has 0 amide bonds. The molecular weight excluding hydrogens is 274 g/mol. The largest absolute Gasteiger partial charge is 0.465 e. The predicted octanol–water partition coefficient (Wildman–Crippen LogP) is 4.05. The molecular formula is C16H16ClNO2. The van der Waals surface area contributed by atoms with E-state index in [2.05, 4.69) is 5.32 Å². The lowest BCUT2D eigenvalue weighted by molar-refractivity contribution is 0.0601. The van der Waals surface area contributed by atoms with Crippen LogP contribution in [0.25, 0.3) is 0 Å². The monoisotopic (exact) mass is 289 g/mol. The Morgan fingerprint density at radius 1 is 1.25 bits per heavy atom. The predicted molar refractivity (Wildman–Crippen MR) is 81.3 cm³/mol. The van der Waals surface area contributed by atoms with Gasteiger partial charge in [-0.3, -0.25) is 0 Å². The van der Waals surface area contributed by atoms with Crippen LogP contribution in [0.15, 0.2) is 42.5 Å². The van der Waals surface area contributed by atoms with Crippen molar-refractivity contribution in [3.8, 4) is 0 Å². The second-order valence-electron chi connectivity index (χ2n) is 4.49. The number of carbonyl (C=O) groups excluding carboxylic acids is 1. The summed E-state index contributed by atoms with van der Waals surface area (Å²) in [5.74, 6) is -0.352. The van der Waals surface area contributed by atoms with Gasteiger partial charge in [0.25, 0.3) is 0 Å². The van der Waals surface area contributed by atoms with E-state index < -0.39 is 0 Å². The number of hydrogen-bond donors (Lipinski definition) is 1. The summed E-state index contributed by atoms with van der Waals surface area (Å²) in [6.45, 7) is 2.48. The van der Waals surface area contributed by atoms with Crippen LogP contribution in [0, 0.1) is 6.92 Å². The third-order valence-corrected chi connectivity index (χ3v) is 3.38. The van der Waals surface area contributed by atoms with Crippen LogP contribution >= 0.6 is 11.6 Å². The quantitative estimate of drug-likeness (QED) is 0.863. The Bertz CT molecular complexity index is 626. The minimum Gasteiger partial charge on any atom is -0.465 e. The average molecular weight is 290 g/mol. The van der Waals surface area contributed by atoms with Crippen LogP contribution < -0.4 is 5.32 Å². The van der Waals surface area contributed by atoms with Gasteiger partial charge in [-0.15, -0.1) is 0 Å². The number of anilines is 1. The molecule has 0 spiro atoms. The molecule has 4 heteroatoms. The first kappa shape index (κ1) is 14.4. The molecule has 2 rings (SSSR count). The zero-order valence-corrected chi connectivity index (χ0v) is 12.2. The number of nitrogens with one attached hydrogen (secondary N) is 1. The highest BCUT2D eigenvalue weighted by molar-refractivity contribution is 6.31. The molecule has 0 saturated heterocycles. The molecule has 2 aromatic carbocycles. The lowest BCUT2D eigenvalue weighted by Crippen LogP contribution is -2.08. The van der Waals surface area contributed by atoms with Crippen LogP contribution in [-0.2, 0) is 11.3 Å². The van der Waals surface area contributed by atoms with Crippen LogP contribution in [0.3, 0.4) is 0 Å². The zero-order valence-electron chi connectivity index (χ0n) is 11.4. The minimum atomic E-state index is -0.352. The minimum absolute atomic E-state index is 0.352. The maximum Gasteiger partial charge on any atom is 0.339 e. The van der Waals surface area contributed by atoms with E-state index >= 15 is 0 Å². The number of esters is 1. The van der Waals surface area contributed by atoms with Gasteiger partial charge in [0.2, 0.25) is 0 Å². The fourth-order valence-corrected chi connectivity index (χ4v) is 2.13. The highest BCUT2D eigenvalue weighted by Gasteiger charge is 2.12. The highest BCUT2D eigenvalue weighted by Crippen LogP contribution is 2.21. The molecule has 0 radical (unpaired) electrons. The SMILES string of the molecule is COC(=O)c1cc(C)ccc1NCc1ccccc1Cl. The van der Waals surface area contributed by atoms with Crippen LogP contribution in [0.5, 0.6) is 0 Å². The first-order chi connectivity index (χ1) is 9.61. The lowest BCUT2D eigenvalue weighted by atomic mass is 10.1. The molecule has 0 heterocycles. The van der Waals surface area contributed by atoms with Crippen molar-refractivity contribution in [1.82, 2.24) is 0 Å². The van der Waals surface area contributed by atoms with Gasteiger partial charge in [0.1, 0.15) is 0 Å². The maximum atomic E-state index is 11.8. The van der Waals surface area contributed by atoms with Crippen molar-refractivity contribution in [3.63, 3.8) is 0 Å². The second kappa shape index (κ2) is 6.44. The van der Waals surface area contributed by atoms with Gasteiger partial charge < -0.3 is 10.1 Å². The highest BCUT2D eigenvalue weighted by atomic mass is 35.5. The molecule has 0 aliphatic rings. The molecule has 0 aliphatic heterocycles. The molecule has 0 unspecified atom stereocenters. The summed E-state index contributed by atoms with van der Waals surface area (Å²) >= 11 is 6.11. The number of aryl methyl sites for hydroxylation is 1. The number of halogens is 1. The van der Waals surface area contributed by atoms with Crippen molar-refractivity contribution >= 4 is 23.3 Å². The van der Waals surface area contributed by atoms with Crippen molar-refractivity contribution in [2.24, 2.45) is 0 Å². The first-order valence-electron chi connectivity index (χ1n) is 6.28. The topological polar surface area (TPSA) is 38.3 Å². The van der Waals surface area contributed by atoms with Crippen molar-refractivity contribution in [1.29, 1.82) is 0 Å².